The third-order valence-electron chi connectivity index (χ3n) is 1.41. The molecule has 0 N–H and O–H groups in total. The molecule has 0 saturated carbocycles. The molecule has 0 fully saturated rings. The molecule has 1 aromatic carbocycles. The standard InChI is InChI=1S/C8H7Cl3O3S/c9-8(10,11)6-14-15(12,13)7-4-2-1-3-5-7/h1-5H,6H2. The van der Waals surface area contributed by atoms with Crippen LogP contribution in [0.5, 0.6) is 0 Å². The Morgan fingerprint density at radius 2 is 1.67 bits per heavy atom. The van der Waals surface area contributed by atoms with Gasteiger partial charge in [-0.2, -0.15) is 8.42 Å². The van der Waals surface area contributed by atoms with E-state index in [4.69, 9.17) is 34.8 Å². The lowest BCUT2D eigenvalue weighted by Gasteiger charge is -2.11. The largest absolute Gasteiger partial charge is 0.297 e. The van der Waals surface area contributed by atoms with E-state index in [0.717, 1.165) is 0 Å². The van der Waals surface area contributed by atoms with Crippen molar-refractivity contribution >= 4 is 44.9 Å². The van der Waals surface area contributed by atoms with Crippen molar-refractivity contribution in [2.75, 3.05) is 6.61 Å². The average Bonchev–Trinajstić information content (AvgIpc) is 2.16. The van der Waals surface area contributed by atoms with Crippen molar-refractivity contribution < 1.29 is 12.6 Å². The van der Waals surface area contributed by atoms with E-state index in [9.17, 15) is 8.42 Å². The van der Waals surface area contributed by atoms with E-state index in [1.165, 1.54) is 12.1 Å². The van der Waals surface area contributed by atoms with Gasteiger partial charge in [0.05, 0.1) is 4.90 Å². The van der Waals surface area contributed by atoms with E-state index in [1.54, 1.807) is 18.2 Å². The molecule has 84 valence electrons. The molecule has 1 rings (SSSR count). The number of alkyl halides is 3. The van der Waals surface area contributed by atoms with Gasteiger partial charge in [0.15, 0.2) is 0 Å². The fraction of sp³-hybridized carbons (Fsp3) is 0.250. The maximum absolute atomic E-state index is 11.5. The van der Waals surface area contributed by atoms with Crippen LogP contribution in [0.1, 0.15) is 0 Å². The zero-order valence-corrected chi connectivity index (χ0v) is 10.4. The zero-order valence-electron chi connectivity index (χ0n) is 7.36. The molecule has 0 aliphatic rings. The smallest absolute Gasteiger partial charge is 0.262 e. The molecular weight excluding hydrogens is 283 g/mol. The minimum Gasteiger partial charge on any atom is -0.262 e. The molecule has 0 heterocycles. The molecule has 0 amide bonds. The van der Waals surface area contributed by atoms with E-state index in [2.05, 4.69) is 4.18 Å². The highest BCUT2D eigenvalue weighted by atomic mass is 35.6. The Morgan fingerprint density at radius 1 is 1.13 bits per heavy atom. The first kappa shape index (κ1) is 13.1. The highest BCUT2D eigenvalue weighted by Crippen LogP contribution is 2.27. The molecular formula is C8H7Cl3O3S. The third-order valence-corrected chi connectivity index (χ3v) is 3.01. The molecule has 3 nitrogen and oxygen atoms in total. The number of halogens is 3. The van der Waals surface area contributed by atoms with E-state index < -0.39 is 20.5 Å². The molecule has 0 bridgehead atoms. The second-order valence-corrected chi connectivity index (χ2v) is 6.78. The van der Waals surface area contributed by atoms with Crippen molar-refractivity contribution in [2.24, 2.45) is 0 Å². The lowest BCUT2D eigenvalue weighted by Crippen LogP contribution is -2.17. The molecule has 0 radical (unpaired) electrons. The monoisotopic (exact) mass is 288 g/mol. The Morgan fingerprint density at radius 3 is 2.13 bits per heavy atom. The molecule has 0 spiro atoms. The number of hydrogen-bond donors (Lipinski definition) is 0. The first-order valence-electron chi connectivity index (χ1n) is 3.82. The van der Waals surface area contributed by atoms with Gasteiger partial charge in [-0.05, 0) is 12.1 Å². The second kappa shape index (κ2) is 4.89. The topological polar surface area (TPSA) is 43.4 Å². The molecule has 7 heteroatoms. The first-order chi connectivity index (χ1) is 6.81. The maximum atomic E-state index is 11.5. The van der Waals surface area contributed by atoms with Crippen molar-refractivity contribution in [3.05, 3.63) is 30.3 Å². The highest BCUT2D eigenvalue weighted by molar-refractivity contribution is 7.86. The summed E-state index contributed by atoms with van der Waals surface area (Å²) in [5, 5.41) is 0. The molecule has 0 aromatic heterocycles. The number of rotatable bonds is 3. The lowest BCUT2D eigenvalue weighted by atomic mass is 10.4. The first-order valence-corrected chi connectivity index (χ1v) is 6.37. The van der Waals surface area contributed by atoms with Gasteiger partial charge in [-0.25, -0.2) is 0 Å². The summed E-state index contributed by atoms with van der Waals surface area (Å²) in [6.07, 6.45) is 0. The molecule has 1 aromatic rings. The highest BCUT2D eigenvalue weighted by Gasteiger charge is 2.25. The quantitative estimate of drug-likeness (QED) is 0.635. The van der Waals surface area contributed by atoms with Crippen LogP contribution < -0.4 is 0 Å². The van der Waals surface area contributed by atoms with Gasteiger partial charge in [-0.15, -0.1) is 0 Å². The van der Waals surface area contributed by atoms with Crippen LogP contribution in [-0.4, -0.2) is 18.8 Å². The summed E-state index contributed by atoms with van der Waals surface area (Å²) >= 11 is 16.1. The van der Waals surface area contributed by atoms with Crippen LogP contribution in [0, 0.1) is 0 Å². The van der Waals surface area contributed by atoms with Gasteiger partial charge < -0.3 is 0 Å². The van der Waals surface area contributed by atoms with E-state index in [0.29, 0.717) is 0 Å². The van der Waals surface area contributed by atoms with Crippen molar-refractivity contribution in [3.8, 4) is 0 Å². The van der Waals surface area contributed by atoms with E-state index in [-0.39, 0.29) is 4.90 Å². The predicted octanol–water partition coefficient (Wildman–Crippen LogP) is 2.76. The lowest BCUT2D eigenvalue weighted by molar-refractivity contribution is 0.325. The predicted molar refractivity (Wildman–Crippen MR) is 59.9 cm³/mol. The minimum absolute atomic E-state index is 0.0271. The molecule has 0 saturated heterocycles. The van der Waals surface area contributed by atoms with Gasteiger partial charge >= 0.3 is 0 Å². The van der Waals surface area contributed by atoms with Crippen LogP contribution in [0.2, 0.25) is 0 Å². The normalized spacial score (nSPS) is 12.7. The second-order valence-electron chi connectivity index (χ2n) is 2.64. The minimum atomic E-state index is -3.85. The molecule has 15 heavy (non-hydrogen) atoms. The average molecular weight is 290 g/mol. The van der Waals surface area contributed by atoms with Gasteiger partial charge in [0.2, 0.25) is 3.79 Å². The van der Waals surface area contributed by atoms with Gasteiger partial charge in [0, 0.05) is 0 Å². The van der Waals surface area contributed by atoms with Crippen LogP contribution >= 0.6 is 34.8 Å². The summed E-state index contributed by atoms with van der Waals surface area (Å²) in [7, 11) is -3.85. The van der Waals surface area contributed by atoms with Crippen LogP contribution in [-0.2, 0) is 14.3 Å². The Hall–Kier alpha value is -0.000000000000000222. The summed E-state index contributed by atoms with van der Waals surface area (Å²) in [6.45, 7) is -0.519. The number of benzene rings is 1. The van der Waals surface area contributed by atoms with Gasteiger partial charge in [-0.3, -0.25) is 4.18 Å². The Labute approximate surface area is 103 Å². The molecule has 0 aliphatic carbocycles. The third kappa shape index (κ3) is 4.57. The molecule has 0 atom stereocenters. The Bertz CT molecular complexity index is 411. The summed E-state index contributed by atoms with van der Waals surface area (Å²) in [4.78, 5) is 0.0271. The summed E-state index contributed by atoms with van der Waals surface area (Å²) < 4.78 is 25.8. The summed E-state index contributed by atoms with van der Waals surface area (Å²) in [5.74, 6) is 0. The van der Waals surface area contributed by atoms with Crippen LogP contribution in [0.15, 0.2) is 35.2 Å². The molecule has 0 aliphatic heterocycles. The van der Waals surface area contributed by atoms with Gasteiger partial charge in [0.25, 0.3) is 10.1 Å². The Kier molecular flexibility index (Phi) is 4.26. The van der Waals surface area contributed by atoms with E-state index >= 15 is 0 Å². The van der Waals surface area contributed by atoms with Crippen molar-refractivity contribution in [1.29, 1.82) is 0 Å². The SMILES string of the molecule is O=S(=O)(OCC(Cl)(Cl)Cl)c1ccccc1. The summed E-state index contributed by atoms with van der Waals surface area (Å²) in [6, 6.07) is 7.63. The molecule has 0 unspecified atom stereocenters. The van der Waals surface area contributed by atoms with Crippen molar-refractivity contribution in [3.63, 3.8) is 0 Å². The fourth-order valence-electron chi connectivity index (χ4n) is 0.800. The van der Waals surface area contributed by atoms with E-state index in [1.807, 2.05) is 0 Å². The fourth-order valence-corrected chi connectivity index (χ4v) is 2.12. The van der Waals surface area contributed by atoms with Crippen LogP contribution in [0.25, 0.3) is 0 Å². The van der Waals surface area contributed by atoms with Crippen LogP contribution in [0.4, 0.5) is 0 Å². The van der Waals surface area contributed by atoms with Crippen molar-refractivity contribution in [1.82, 2.24) is 0 Å². The Balaban J connectivity index is 2.78. The van der Waals surface area contributed by atoms with Gasteiger partial charge in [0.1, 0.15) is 6.61 Å². The zero-order chi connectivity index (χ0) is 11.5. The number of hydrogen-bond acceptors (Lipinski definition) is 3. The van der Waals surface area contributed by atoms with Gasteiger partial charge in [-0.1, -0.05) is 53.0 Å². The van der Waals surface area contributed by atoms with Crippen molar-refractivity contribution in [2.45, 2.75) is 8.69 Å². The maximum Gasteiger partial charge on any atom is 0.297 e. The summed E-state index contributed by atoms with van der Waals surface area (Å²) in [5.41, 5.74) is 0. The van der Waals surface area contributed by atoms with Crippen LogP contribution in [0.3, 0.4) is 0 Å².